The van der Waals surface area contributed by atoms with Gasteiger partial charge in [0.2, 0.25) is 5.78 Å². The van der Waals surface area contributed by atoms with Gasteiger partial charge in [0, 0.05) is 5.92 Å². The first-order valence-corrected chi connectivity index (χ1v) is 4.93. The molecule has 0 saturated heterocycles. The largest absolute Gasteiger partial charge is 0.282 e. The van der Waals surface area contributed by atoms with Gasteiger partial charge in [0.05, 0.1) is 0 Å². The highest BCUT2D eigenvalue weighted by molar-refractivity contribution is 5.95. The van der Waals surface area contributed by atoms with E-state index in [9.17, 15) is 4.79 Å². The second-order valence-corrected chi connectivity index (χ2v) is 4.30. The maximum Gasteiger partial charge on any atom is 0.235 e. The van der Waals surface area contributed by atoms with Crippen LogP contribution in [0.1, 0.15) is 40.5 Å². The lowest BCUT2D eigenvalue weighted by molar-refractivity contribution is -0.119. The average Bonchev–Trinajstić information content (AvgIpc) is 2.03. The van der Waals surface area contributed by atoms with Gasteiger partial charge in [-0.15, -0.1) is 0 Å². The number of carbonyl (C=O) groups is 1. The van der Waals surface area contributed by atoms with Crippen molar-refractivity contribution in [3.63, 3.8) is 0 Å². The third kappa shape index (κ3) is 4.67. The van der Waals surface area contributed by atoms with Gasteiger partial charge in [-0.2, -0.15) is 5.26 Å². The molecule has 0 spiro atoms. The maximum atomic E-state index is 11.2. The quantitative estimate of drug-likeness (QED) is 0.612. The molecule has 13 heavy (non-hydrogen) atoms. The van der Waals surface area contributed by atoms with E-state index in [0.29, 0.717) is 5.92 Å². The zero-order valence-corrected chi connectivity index (χ0v) is 9.00. The summed E-state index contributed by atoms with van der Waals surface area (Å²) in [6.45, 7) is 8.27. The Labute approximate surface area is 80.9 Å². The molecule has 0 saturated carbocycles. The van der Waals surface area contributed by atoms with E-state index in [1.54, 1.807) is 6.07 Å². The third-order valence-electron chi connectivity index (χ3n) is 2.31. The van der Waals surface area contributed by atoms with Crippen molar-refractivity contribution in [2.24, 2.45) is 17.8 Å². The summed E-state index contributed by atoms with van der Waals surface area (Å²) in [7, 11) is 0. The Morgan fingerprint density at radius 2 is 1.77 bits per heavy atom. The minimum Gasteiger partial charge on any atom is -0.282 e. The van der Waals surface area contributed by atoms with Gasteiger partial charge in [0.25, 0.3) is 0 Å². The van der Waals surface area contributed by atoms with Gasteiger partial charge in [0.15, 0.2) is 0 Å². The summed E-state index contributed by atoms with van der Waals surface area (Å²) in [5, 5.41) is 8.52. The van der Waals surface area contributed by atoms with Crippen molar-refractivity contribution in [2.45, 2.75) is 40.5 Å². The van der Waals surface area contributed by atoms with Crippen molar-refractivity contribution < 1.29 is 4.79 Å². The molecule has 2 nitrogen and oxygen atoms in total. The normalized spacial score (nSPS) is 13.0. The molecule has 1 atom stereocenters. The van der Waals surface area contributed by atoms with Crippen molar-refractivity contribution in [3.8, 4) is 6.07 Å². The van der Waals surface area contributed by atoms with E-state index in [4.69, 9.17) is 5.26 Å². The van der Waals surface area contributed by atoms with E-state index >= 15 is 0 Å². The molecule has 0 fully saturated rings. The summed E-state index contributed by atoms with van der Waals surface area (Å²) in [6.07, 6.45) is 1.87. The molecular weight excluding hydrogens is 162 g/mol. The molecule has 0 bridgehead atoms. The smallest absolute Gasteiger partial charge is 0.235 e. The molecule has 0 aliphatic carbocycles. The lowest BCUT2D eigenvalue weighted by Crippen LogP contribution is -2.19. The van der Waals surface area contributed by atoms with Crippen LogP contribution in [0.3, 0.4) is 0 Å². The Balaban J connectivity index is 4.13. The Bertz CT molecular complexity index is 201. The fraction of sp³-hybridized carbons (Fsp3) is 0.818. The summed E-state index contributed by atoms with van der Waals surface area (Å²) in [5.74, 6) is 0.571. The number of carbonyl (C=O) groups excluding carboxylic acids is 1. The molecule has 0 aromatic heterocycles. The molecule has 0 aliphatic rings. The van der Waals surface area contributed by atoms with Gasteiger partial charge in [-0.05, 0) is 18.3 Å². The maximum absolute atomic E-state index is 11.2. The van der Waals surface area contributed by atoms with E-state index in [2.05, 4.69) is 13.8 Å². The first-order chi connectivity index (χ1) is 5.99. The van der Waals surface area contributed by atoms with Gasteiger partial charge >= 0.3 is 0 Å². The van der Waals surface area contributed by atoms with Crippen LogP contribution in [0.4, 0.5) is 0 Å². The van der Waals surface area contributed by atoms with Crippen LogP contribution < -0.4 is 0 Å². The van der Waals surface area contributed by atoms with E-state index in [1.807, 2.05) is 13.8 Å². The van der Waals surface area contributed by atoms with Gasteiger partial charge in [-0.1, -0.05) is 34.1 Å². The molecule has 0 N–H and O–H groups in total. The number of rotatable bonds is 5. The van der Waals surface area contributed by atoms with Crippen molar-refractivity contribution in [1.82, 2.24) is 0 Å². The Morgan fingerprint density at radius 1 is 1.23 bits per heavy atom. The molecule has 0 aromatic carbocycles. The van der Waals surface area contributed by atoms with Crippen molar-refractivity contribution in [1.29, 1.82) is 5.26 Å². The fourth-order valence-corrected chi connectivity index (χ4v) is 1.36. The summed E-state index contributed by atoms with van der Waals surface area (Å²) in [4.78, 5) is 11.2. The van der Waals surface area contributed by atoms with Crippen LogP contribution in [0.2, 0.25) is 0 Å². The fourth-order valence-electron chi connectivity index (χ4n) is 1.36. The second-order valence-electron chi connectivity index (χ2n) is 4.30. The molecule has 0 aliphatic heterocycles. The van der Waals surface area contributed by atoms with E-state index in [1.165, 1.54) is 0 Å². The highest BCUT2D eigenvalue weighted by Crippen LogP contribution is 2.20. The van der Waals surface area contributed by atoms with Crippen molar-refractivity contribution in [2.75, 3.05) is 0 Å². The predicted octanol–water partition coefficient (Wildman–Crippen LogP) is 2.79. The number of Topliss-reactive ketones (excluding diaryl/α,β-unsaturated/α-hetero) is 1. The Hall–Kier alpha value is -0.840. The van der Waals surface area contributed by atoms with Gasteiger partial charge in [-0.3, -0.25) is 4.79 Å². The van der Waals surface area contributed by atoms with Crippen LogP contribution in [0, 0.1) is 29.1 Å². The average molecular weight is 181 g/mol. The lowest BCUT2D eigenvalue weighted by Gasteiger charge is -2.16. The molecule has 0 rings (SSSR count). The van der Waals surface area contributed by atoms with Gasteiger partial charge in [-0.25, -0.2) is 0 Å². The van der Waals surface area contributed by atoms with Crippen molar-refractivity contribution in [3.05, 3.63) is 0 Å². The molecular formula is C11H19NO. The topological polar surface area (TPSA) is 40.9 Å². The molecule has 2 heteroatoms. The van der Waals surface area contributed by atoms with E-state index in [0.717, 1.165) is 12.8 Å². The second kappa shape index (κ2) is 5.75. The molecule has 0 amide bonds. The number of nitriles is 1. The van der Waals surface area contributed by atoms with Crippen LogP contribution >= 0.6 is 0 Å². The zero-order chi connectivity index (χ0) is 10.4. The summed E-state index contributed by atoms with van der Waals surface area (Å²) in [6, 6.07) is 1.73. The van der Waals surface area contributed by atoms with Crippen LogP contribution in [-0.4, -0.2) is 5.78 Å². The molecule has 0 radical (unpaired) electrons. The summed E-state index contributed by atoms with van der Waals surface area (Å²) < 4.78 is 0. The number of nitrogens with zero attached hydrogens (tertiary/aromatic N) is 1. The van der Waals surface area contributed by atoms with Crippen LogP contribution in [0.25, 0.3) is 0 Å². The number of hydrogen-bond donors (Lipinski definition) is 0. The zero-order valence-electron chi connectivity index (χ0n) is 9.00. The number of ketones is 1. The minimum absolute atomic E-state index is 0.0626. The molecule has 74 valence electrons. The molecule has 1 unspecified atom stereocenters. The van der Waals surface area contributed by atoms with E-state index in [-0.39, 0.29) is 17.6 Å². The number of hydrogen-bond acceptors (Lipinski definition) is 2. The summed E-state index contributed by atoms with van der Waals surface area (Å²) in [5.41, 5.74) is 0. The van der Waals surface area contributed by atoms with Crippen LogP contribution in [0.15, 0.2) is 0 Å². The van der Waals surface area contributed by atoms with Gasteiger partial charge in [0.1, 0.15) is 6.07 Å². The predicted molar refractivity (Wildman–Crippen MR) is 53.0 cm³/mol. The van der Waals surface area contributed by atoms with Crippen LogP contribution in [-0.2, 0) is 4.79 Å². The summed E-state index contributed by atoms with van der Waals surface area (Å²) >= 11 is 0. The molecule has 0 heterocycles. The van der Waals surface area contributed by atoms with Gasteiger partial charge < -0.3 is 0 Å². The Kier molecular flexibility index (Phi) is 5.37. The first-order valence-electron chi connectivity index (χ1n) is 4.93. The van der Waals surface area contributed by atoms with Crippen LogP contribution in [0.5, 0.6) is 0 Å². The first kappa shape index (κ1) is 12.2. The molecule has 0 aromatic rings. The SMILES string of the molecule is CC(C)CCC(C(=O)C#N)C(C)C. The highest BCUT2D eigenvalue weighted by Gasteiger charge is 2.21. The lowest BCUT2D eigenvalue weighted by atomic mass is 9.86. The highest BCUT2D eigenvalue weighted by atomic mass is 16.1. The van der Waals surface area contributed by atoms with Crippen molar-refractivity contribution >= 4 is 5.78 Å². The standard InChI is InChI=1S/C11H19NO/c1-8(2)5-6-10(9(3)4)11(13)7-12/h8-10H,5-6H2,1-4H3. The van der Waals surface area contributed by atoms with E-state index < -0.39 is 0 Å². The Morgan fingerprint density at radius 3 is 2.08 bits per heavy atom. The third-order valence-corrected chi connectivity index (χ3v) is 2.31. The minimum atomic E-state index is -0.254. The monoisotopic (exact) mass is 181 g/mol.